The molecule has 4 heteroatoms. The summed E-state index contributed by atoms with van der Waals surface area (Å²) >= 11 is 0. The van der Waals surface area contributed by atoms with Crippen LogP contribution in [0, 0.1) is 18.3 Å². The summed E-state index contributed by atoms with van der Waals surface area (Å²) in [7, 11) is 0. The van der Waals surface area contributed by atoms with Gasteiger partial charge in [0.1, 0.15) is 0 Å². The van der Waals surface area contributed by atoms with E-state index in [4.69, 9.17) is 6.42 Å². The fourth-order valence-electron chi connectivity index (χ4n) is 2.19. The van der Waals surface area contributed by atoms with Crippen LogP contribution in [0.25, 0.3) is 11.0 Å². The van der Waals surface area contributed by atoms with Gasteiger partial charge in [-0.15, -0.1) is 6.42 Å². The summed E-state index contributed by atoms with van der Waals surface area (Å²) in [6, 6.07) is 5.49. The lowest BCUT2D eigenvalue weighted by Gasteiger charge is -2.20. The van der Waals surface area contributed by atoms with Gasteiger partial charge in [-0.05, 0) is 37.0 Å². The summed E-state index contributed by atoms with van der Waals surface area (Å²) in [5.74, 6) is 3.20. The quantitative estimate of drug-likeness (QED) is 0.848. The van der Waals surface area contributed by atoms with Gasteiger partial charge in [0.2, 0.25) is 0 Å². The molecule has 0 bridgehead atoms. The number of carbonyl (C=O) groups is 1. The number of hydrogen-bond donors (Lipinski definition) is 1. The first-order valence-electron chi connectivity index (χ1n) is 6.44. The molecule has 96 valence electrons. The number of H-pyrrole nitrogens is 1. The smallest absolute Gasteiger partial charge is 0.254 e. The lowest BCUT2D eigenvalue weighted by molar-refractivity contribution is 0.0770. The number of rotatable bonds is 4. The van der Waals surface area contributed by atoms with Crippen molar-refractivity contribution in [2.24, 2.45) is 5.92 Å². The fourth-order valence-corrected chi connectivity index (χ4v) is 2.19. The van der Waals surface area contributed by atoms with Crippen molar-refractivity contribution in [2.75, 3.05) is 13.1 Å². The van der Waals surface area contributed by atoms with Crippen molar-refractivity contribution in [3.05, 3.63) is 30.1 Å². The third-order valence-electron chi connectivity index (χ3n) is 3.41. The zero-order valence-electron chi connectivity index (χ0n) is 10.6. The van der Waals surface area contributed by atoms with Crippen molar-refractivity contribution >= 4 is 16.9 Å². The van der Waals surface area contributed by atoms with Crippen molar-refractivity contribution in [1.29, 1.82) is 0 Å². The minimum absolute atomic E-state index is 0.00125. The van der Waals surface area contributed by atoms with Crippen LogP contribution in [-0.4, -0.2) is 33.9 Å². The van der Waals surface area contributed by atoms with Crippen molar-refractivity contribution in [1.82, 2.24) is 14.9 Å². The lowest BCUT2D eigenvalue weighted by Crippen LogP contribution is -2.33. The average molecular weight is 253 g/mol. The van der Waals surface area contributed by atoms with E-state index in [9.17, 15) is 4.79 Å². The van der Waals surface area contributed by atoms with Crippen LogP contribution in [0.15, 0.2) is 24.5 Å². The maximum atomic E-state index is 12.5. The zero-order chi connectivity index (χ0) is 13.2. The molecule has 1 fully saturated rings. The standard InChI is InChI=1S/C15H15N3O/c1-2-7-18(9-11-3-4-11)15(19)12-5-6-13-14(8-12)17-10-16-13/h1,5-6,8,10-11H,3-4,7,9H2,(H,16,17). The van der Waals surface area contributed by atoms with Gasteiger partial charge in [0, 0.05) is 12.1 Å². The Labute approximate surface area is 111 Å². The van der Waals surface area contributed by atoms with Gasteiger partial charge >= 0.3 is 0 Å². The van der Waals surface area contributed by atoms with Gasteiger partial charge in [-0.3, -0.25) is 4.79 Å². The van der Waals surface area contributed by atoms with Crippen molar-refractivity contribution in [3.8, 4) is 12.3 Å². The Morgan fingerprint density at radius 2 is 2.37 bits per heavy atom. The van der Waals surface area contributed by atoms with Crippen LogP contribution in [0.2, 0.25) is 0 Å². The van der Waals surface area contributed by atoms with E-state index in [0.29, 0.717) is 18.0 Å². The van der Waals surface area contributed by atoms with Crippen molar-refractivity contribution in [2.45, 2.75) is 12.8 Å². The first kappa shape index (κ1) is 11.8. The molecule has 1 N–H and O–H groups in total. The van der Waals surface area contributed by atoms with Crippen LogP contribution in [0.4, 0.5) is 0 Å². The van der Waals surface area contributed by atoms with Crippen LogP contribution < -0.4 is 0 Å². The predicted octanol–water partition coefficient (Wildman–Crippen LogP) is 2.05. The van der Waals surface area contributed by atoms with Crippen LogP contribution in [0.5, 0.6) is 0 Å². The third-order valence-corrected chi connectivity index (χ3v) is 3.41. The molecule has 4 nitrogen and oxygen atoms in total. The van der Waals surface area contributed by atoms with E-state index < -0.39 is 0 Å². The normalized spacial score (nSPS) is 14.3. The minimum Gasteiger partial charge on any atom is -0.345 e. The Morgan fingerprint density at radius 3 is 3.11 bits per heavy atom. The number of carbonyl (C=O) groups excluding carboxylic acids is 1. The Balaban J connectivity index is 1.85. The Morgan fingerprint density at radius 1 is 1.53 bits per heavy atom. The fraction of sp³-hybridized carbons (Fsp3) is 0.333. The number of aromatic nitrogens is 2. The van der Waals surface area contributed by atoms with Crippen LogP contribution in [0.3, 0.4) is 0 Å². The second-order valence-corrected chi connectivity index (χ2v) is 4.97. The summed E-state index contributed by atoms with van der Waals surface area (Å²) in [6.45, 7) is 1.14. The molecule has 1 aromatic heterocycles. The highest BCUT2D eigenvalue weighted by Gasteiger charge is 2.26. The Kier molecular flexibility index (Phi) is 2.96. The average Bonchev–Trinajstić information content (AvgIpc) is 3.11. The van der Waals surface area contributed by atoms with Gasteiger partial charge in [-0.25, -0.2) is 4.98 Å². The Hall–Kier alpha value is -2.28. The molecule has 1 saturated carbocycles. The Bertz CT molecular complexity index is 649. The van der Waals surface area contributed by atoms with Gasteiger partial charge in [0.15, 0.2) is 0 Å². The maximum Gasteiger partial charge on any atom is 0.254 e. The van der Waals surface area contributed by atoms with E-state index in [0.717, 1.165) is 17.6 Å². The highest BCUT2D eigenvalue weighted by molar-refractivity contribution is 5.97. The number of terminal acetylenes is 1. The largest absolute Gasteiger partial charge is 0.345 e. The van der Waals surface area contributed by atoms with E-state index in [1.807, 2.05) is 18.2 Å². The molecule has 3 rings (SSSR count). The second kappa shape index (κ2) is 4.77. The number of hydrogen-bond acceptors (Lipinski definition) is 2. The molecule has 0 unspecified atom stereocenters. The molecule has 0 aliphatic heterocycles. The third kappa shape index (κ3) is 2.45. The van der Waals surface area contributed by atoms with Crippen LogP contribution in [-0.2, 0) is 0 Å². The van der Waals surface area contributed by atoms with Gasteiger partial charge in [-0.2, -0.15) is 0 Å². The van der Waals surface area contributed by atoms with E-state index in [-0.39, 0.29) is 5.91 Å². The zero-order valence-corrected chi connectivity index (χ0v) is 10.6. The second-order valence-electron chi connectivity index (χ2n) is 4.97. The molecular weight excluding hydrogens is 238 g/mol. The first-order valence-corrected chi connectivity index (χ1v) is 6.44. The molecule has 0 spiro atoms. The monoisotopic (exact) mass is 253 g/mol. The molecular formula is C15H15N3O. The van der Waals surface area contributed by atoms with E-state index >= 15 is 0 Å². The van der Waals surface area contributed by atoms with E-state index in [2.05, 4.69) is 15.9 Å². The molecule has 1 aliphatic carbocycles. The number of aromatic amines is 1. The van der Waals surface area contributed by atoms with E-state index in [1.54, 1.807) is 11.2 Å². The minimum atomic E-state index is 0.00125. The van der Waals surface area contributed by atoms with Crippen LogP contribution >= 0.6 is 0 Å². The van der Waals surface area contributed by atoms with Crippen molar-refractivity contribution in [3.63, 3.8) is 0 Å². The summed E-state index contributed by atoms with van der Waals surface area (Å²) in [5, 5.41) is 0. The first-order chi connectivity index (χ1) is 9.28. The molecule has 2 aromatic rings. The lowest BCUT2D eigenvalue weighted by atomic mass is 10.1. The summed E-state index contributed by atoms with van der Waals surface area (Å²) < 4.78 is 0. The molecule has 1 aliphatic rings. The summed E-state index contributed by atoms with van der Waals surface area (Å²) in [5.41, 5.74) is 2.40. The molecule has 19 heavy (non-hydrogen) atoms. The van der Waals surface area contributed by atoms with Crippen LogP contribution in [0.1, 0.15) is 23.2 Å². The summed E-state index contributed by atoms with van der Waals surface area (Å²) in [4.78, 5) is 21.4. The molecule has 0 radical (unpaired) electrons. The molecule has 1 amide bonds. The maximum absolute atomic E-state index is 12.5. The predicted molar refractivity (Wildman–Crippen MR) is 73.6 cm³/mol. The summed E-state index contributed by atoms with van der Waals surface area (Å²) in [6.07, 6.45) is 9.39. The number of imidazole rings is 1. The molecule has 0 saturated heterocycles. The van der Waals surface area contributed by atoms with Gasteiger partial charge < -0.3 is 9.88 Å². The topological polar surface area (TPSA) is 49.0 Å². The molecule has 1 aromatic carbocycles. The highest BCUT2D eigenvalue weighted by atomic mass is 16.2. The number of amides is 1. The highest BCUT2D eigenvalue weighted by Crippen LogP contribution is 2.30. The molecule has 1 heterocycles. The number of nitrogens with one attached hydrogen (secondary N) is 1. The van der Waals surface area contributed by atoms with Gasteiger partial charge in [0.05, 0.1) is 23.9 Å². The van der Waals surface area contributed by atoms with Gasteiger partial charge in [0.25, 0.3) is 5.91 Å². The SMILES string of the molecule is C#CCN(CC1CC1)C(=O)c1ccc2nc[nH]c2c1. The number of nitrogens with zero attached hydrogens (tertiary/aromatic N) is 2. The number of fused-ring (bicyclic) bond motifs is 1. The molecule has 0 atom stereocenters. The number of benzene rings is 1. The van der Waals surface area contributed by atoms with E-state index in [1.165, 1.54) is 12.8 Å². The van der Waals surface area contributed by atoms with Gasteiger partial charge in [-0.1, -0.05) is 5.92 Å². The van der Waals surface area contributed by atoms with Crippen molar-refractivity contribution < 1.29 is 4.79 Å².